The van der Waals surface area contributed by atoms with Gasteiger partial charge in [0.1, 0.15) is 5.75 Å². The highest BCUT2D eigenvalue weighted by atomic mass is 16.3. The van der Waals surface area contributed by atoms with Gasteiger partial charge in [-0.15, -0.1) is 0 Å². The van der Waals surface area contributed by atoms with E-state index < -0.39 is 0 Å². The van der Waals surface area contributed by atoms with E-state index in [9.17, 15) is 19.5 Å². The van der Waals surface area contributed by atoms with Crippen molar-refractivity contribution in [3.63, 3.8) is 0 Å². The van der Waals surface area contributed by atoms with Crippen molar-refractivity contribution in [2.24, 2.45) is 11.7 Å². The summed E-state index contributed by atoms with van der Waals surface area (Å²) in [6.07, 6.45) is 3.38. The number of hydrogen-bond donors (Lipinski definition) is 3. The summed E-state index contributed by atoms with van der Waals surface area (Å²) in [6, 6.07) is 6.96. The second-order valence-corrected chi connectivity index (χ2v) is 8.49. The number of carbonyl (C=O) groups is 2. The largest absolute Gasteiger partial charge is 0.508 e. The Hall–Kier alpha value is -3.75. The number of anilines is 1. The molecule has 0 bridgehead atoms. The topological polar surface area (TPSA) is 142 Å². The zero-order valence-corrected chi connectivity index (χ0v) is 17.4. The predicted molar refractivity (Wildman–Crippen MR) is 118 cm³/mol. The minimum atomic E-state index is -0.350. The van der Waals surface area contributed by atoms with Crippen LogP contribution in [-0.4, -0.2) is 44.8 Å². The molecule has 1 aromatic carbocycles. The number of para-hydroxylation sites is 1. The molecule has 1 fully saturated rings. The van der Waals surface area contributed by atoms with Crippen LogP contribution in [-0.2, 0) is 11.2 Å². The molecule has 3 aromatic rings. The Morgan fingerprint density at radius 3 is 2.62 bits per heavy atom. The van der Waals surface area contributed by atoms with Gasteiger partial charge >= 0.3 is 0 Å². The molecule has 3 heterocycles. The lowest BCUT2D eigenvalue weighted by Crippen LogP contribution is -2.40. The molecule has 0 saturated carbocycles. The van der Waals surface area contributed by atoms with Gasteiger partial charge in [0.25, 0.3) is 5.56 Å². The number of carbonyl (C=O) groups excluding carboxylic acids is 2. The lowest BCUT2D eigenvalue weighted by molar-refractivity contribution is -0.122. The van der Waals surface area contributed by atoms with Crippen molar-refractivity contribution >= 4 is 28.7 Å². The first-order valence-electron chi connectivity index (χ1n) is 10.7. The van der Waals surface area contributed by atoms with Gasteiger partial charge in [-0.1, -0.05) is 18.2 Å². The number of aromatic nitrogens is 3. The van der Waals surface area contributed by atoms with Crippen LogP contribution in [0.5, 0.6) is 5.75 Å². The number of benzene rings is 1. The van der Waals surface area contributed by atoms with E-state index in [0.29, 0.717) is 60.4 Å². The number of nitrogens with one attached hydrogen (secondary N) is 1. The number of aromatic amines is 1. The van der Waals surface area contributed by atoms with Gasteiger partial charge < -0.3 is 15.7 Å². The maximum Gasteiger partial charge on any atom is 0.262 e. The second-order valence-electron chi connectivity index (χ2n) is 8.49. The third-order valence-corrected chi connectivity index (χ3v) is 6.59. The summed E-state index contributed by atoms with van der Waals surface area (Å²) in [5, 5.41) is 10.6. The molecule has 5 rings (SSSR count). The van der Waals surface area contributed by atoms with Crippen LogP contribution in [0.15, 0.2) is 35.3 Å². The van der Waals surface area contributed by atoms with Crippen LogP contribution in [0.25, 0.3) is 11.0 Å². The van der Waals surface area contributed by atoms with Crippen molar-refractivity contribution < 1.29 is 14.7 Å². The van der Waals surface area contributed by atoms with Crippen molar-refractivity contribution in [2.45, 2.75) is 31.6 Å². The number of hydrogen-bond acceptors (Lipinski definition) is 7. The third-order valence-electron chi connectivity index (χ3n) is 6.59. The molecule has 1 amide bonds. The first-order chi connectivity index (χ1) is 15.4. The van der Waals surface area contributed by atoms with Gasteiger partial charge in [0.05, 0.1) is 5.39 Å². The van der Waals surface area contributed by atoms with Gasteiger partial charge in [0, 0.05) is 37.2 Å². The number of nitrogens with zero attached hydrogens (tertiary/aromatic N) is 3. The Balaban J connectivity index is 1.53. The Morgan fingerprint density at radius 1 is 1.16 bits per heavy atom. The molecule has 9 heteroatoms. The number of pyridine rings is 1. The monoisotopic (exact) mass is 433 g/mol. The van der Waals surface area contributed by atoms with Crippen LogP contribution in [0.4, 0.5) is 5.95 Å². The Bertz CT molecular complexity index is 1290. The molecule has 0 spiro atoms. The fourth-order valence-electron chi connectivity index (χ4n) is 4.84. The number of nitrogens with two attached hydrogens (primary N) is 1. The molecular formula is C23H23N5O4. The molecule has 1 aliphatic carbocycles. The van der Waals surface area contributed by atoms with Crippen molar-refractivity contribution in [2.75, 3.05) is 18.0 Å². The summed E-state index contributed by atoms with van der Waals surface area (Å²) in [7, 11) is 0. The first-order valence-corrected chi connectivity index (χ1v) is 10.7. The molecule has 1 aliphatic heterocycles. The highest BCUT2D eigenvalue weighted by Crippen LogP contribution is 2.38. The predicted octanol–water partition coefficient (Wildman–Crippen LogP) is 1.64. The van der Waals surface area contributed by atoms with Crippen molar-refractivity contribution in [3.8, 4) is 5.75 Å². The minimum absolute atomic E-state index is 0.106. The fraction of sp³-hybridized carbons (Fsp3) is 0.348. The molecular weight excluding hydrogens is 410 g/mol. The molecule has 0 unspecified atom stereocenters. The summed E-state index contributed by atoms with van der Waals surface area (Å²) < 4.78 is 0. The molecule has 0 radical (unpaired) electrons. The fourth-order valence-corrected chi connectivity index (χ4v) is 4.84. The van der Waals surface area contributed by atoms with Crippen LogP contribution in [0.3, 0.4) is 0 Å². The maximum atomic E-state index is 13.1. The van der Waals surface area contributed by atoms with Gasteiger partial charge in [-0.05, 0) is 42.4 Å². The van der Waals surface area contributed by atoms with Crippen molar-refractivity contribution in [3.05, 3.63) is 57.5 Å². The molecule has 164 valence electrons. The number of primary amides is 1. The highest BCUT2D eigenvalue weighted by Gasteiger charge is 2.31. The lowest BCUT2D eigenvalue weighted by atomic mass is 9.79. The molecule has 1 atom stereocenters. The average Bonchev–Trinajstić information content (AvgIpc) is 2.78. The molecule has 32 heavy (non-hydrogen) atoms. The Morgan fingerprint density at radius 2 is 1.91 bits per heavy atom. The van der Waals surface area contributed by atoms with E-state index >= 15 is 0 Å². The van der Waals surface area contributed by atoms with E-state index in [2.05, 4.69) is 15.0 Å². The molecule has 4 N–H and O–H groups in total. The molecule has 1 saturated heterocycles. The number of phenols is 1. The number of Topliss-reactive ketones (excluding diaryl/α,β-unsaturated/α-hetero) is 1. The smallest absolute Gasteiger partial charge is 0.262 e. The van der Waals surface area contributed by atoms with E-state index in [-0.39, 0.29) is 46.9 Å². The number of aromatic hydroxyl groups is 1. The Kier molecular flexibility index (Phi) is 4.88. The number of ketones is 1. The van der Waals surface area contributed by atoms with Crippen LogP contribution >= 0.6 is 0 Å². The second kappa shape index (κ2) is 7.74. The zero-order chi connectivity index (χ0) is 22.4. The van der Waals surface area contributed by atoms with Crippen LogP contribution in [0.1, 0.15) is 46.7 Å². The van der Waals surface area contributed by atoms with Crippen LogP contribution < -0.4 is 16.2 Å². The number of piperidine rings is 1. The van der Waals surface area contributed by atoms with E-state index in [1.54, 1.807) is 18.2 Å². The van der Waals surface area contributed by atoms with E-state index in [4.69, 9.17) is 5.73 Å². The minimum Gasteiger partial charge on any atom is -0.508 e. The molecule has 2 aliphatic rings. The lowest BCUT2D eigenvalue weighted by Gasteiger charge is -2.31. The van der Waals surface area contributed by atoms with Crippen LogP contribution in [0.2, 0.25) is 0 Å². The summed E-state index contributed by atoms with van der Waals surface area (Å²) >= 11 is 0. The van der Waals surface area contributed by atoms with Gasteiger partial charge in [-0.25, -0.2) is 4.98 Å². The summed E-state index contributed by atoms with van der Waals surface area (Å²) in [5.74, 6) is -0.264. The van der Waals surface area contributed by atoms with Gasteiger partial charge in [-0.2, -0.15) is 4.98 Å². The standard InChI is InChI=1S/C23H23N5O4/c24-20(31)12-5-7-28(8-6-12)23-26-21-19(22(32)27-23)15-9-13(10-18(30)16(15)11-25-21)14-3-1-2-4-17(14)29/h1-4,11-13,29H,5-10H2,(H2,24,31)(H,25,26,27,32)/t13-/m1/s1. The van der Waals surface area contributed by atoms with Crippen molar-refractivity contribution in [1.29, 1.82) is 0 Å². The number of amides is 1. The highest BCUT2D eigenvalue weighted by molar-refractivity contribution is 6.02. The van der Waals surface area contributed by atoms with E-state index in [0.717, 1.165) is 0 Å². The normalized spacial score (nSPS) is 19.2. The van der Waals surface area contributed by atoms with E-state index in [1.165, 1.54) is 6.20 Å². The number of phenolic OH excluding ortho intramolecular Hbond substituents is 1. The molecule has 2 aromatic heterocycles. The van der Waals surface area contributed by atoms with Gasteiger partial charge in [-0.3, -0.25) is 19.4 Å². The van der Waals surface area contributed by atoms with E-state index in [1.807, 2.05) is 11.0 Å². The zero-order valence-electron chi connectivity index (χ0n) is 17.4. The Labute approximate surface area is 183 Å². The number of fused-ring (bicyclic) bond motifs is 3. The van der Waals surface area contributed by atoms with Crippen LogP contribution in [0, 0.1) is 5.92 Å². The van der Waals surface area contributed by atoms with Gasteiger partial charge in [0.2, 0.25) is 11.9 Å². The SMILES string of the molecule is NC(=O)C1CCN(c2nc3ncc4c(c3c(=O)[nH]2)C[C@@H](c2ccccc2O)CC4=O)CC1. The molecule has 9 nitrogen and oxygen atoms in total. The average molecular weight is 433 g/mol. The van der Waals surface area contributed by atoms with Crippen molar-refractivity contribution in [1.82, 2.24) is 15.0 Å². The summed E-state index contributed by atoms with van der Waals surface area (Å²) in [6.45, 7) is 1.11. The number of H-pyrrole nitrogens is 1. The summed E-state index contributed by atoms with van der Waals surface area (Å²) in [5.41, 5.74) is 7.08. The van der Waals surface area contributed by atoms with Gasteiger partial charge in [0.15, 0.2) is 11.4 Å². The number of rotatable bonds is 3. The maximum absolute atomic E-state index is 13.1. The third kappa shape index (κ3) is 3.39. The summed E-state index contributed by atoms with van der Waals surface area (Å²) in [4.78, 5) is 51.0. The first kappa shape index (κ1) is 20.2. The quantitative estimate of drug-likeness (QED) is 0.570.